The highest BCUT2D eigenvalue weighted by Crippen LogP contribution is 2.32. The van der Waals surface area contributed by atoms with Crippen LogP contribution in [0, 0.1) is 5.92 Å². The quantitative estimate of drug-likeness (QED) is 0.650. The van der Waals surface area contributed by atoms with E-state index in [1.54, 1.807) is 0 Å². The predicted molar refractivity (Wildman–Crippen MR) is 78.2 cm³/mol. The number of fused-ring (bicyclic) bond motifs is 2. The number of piperidine rings is 1. The number of rotatable bonds is 7. The van der Waals surface area contributed by atoms with Crippen molar-refractivity contribution in [2.24, 2.45) is 5.92 Å². The second-order valence-electron chi connectivity index (χ2n) is 6.13. The Morgan fingerprint density at radius 3 is 2.35 bits per heavy atom. The summed E-state index contributed by atoms with van der Waals surface area (Å²) in [4.78, 5) is 23.3. The van der Waals surface area contributed by atoms with Crippen LogP contribution in [0.15, 0.2) is 0 Å². The lowest BCUT2D eigenvalue weighted by atomic mass is 9.89. The van der Waals surface area contributed by atoms with Crippen molar-refractivity contribution in [1.82, 2.24) is 16.0 Å². The first kappa shape index (κ1) is 15.3. The van der Waals surface area contributed by atoms with Crippen LogP contribution < -0.4 is 16.0 Å². The lowest BCUT2D eigenvalue weighted by molar-refractivity contribution is -0.123. The van der Waals surface area contributed by atoms with E-state index in [2.05, 4.69) is 16.0 Å². The normalized spacial score (nSPS) is 28.1. The molecule has 2 aliphatic heterocycles. The SMILES string of the molecule is CCCNC(=O)CCNC(=O)CC1CC2CCC(C1)N2. The molecule has 2 saturated heterocycles. The number of carbonyl (C=O) groups excluding carboxylic acids is 2. The van der Waals surface area contributed by atoms with E-state index < -0.39 is 0 Å². The summed E-state index contributed by atoms with van der Waals surface area (Å²) in [6.07, 6.45) is 6.72. The minimum Gasteiger partial charge on any atom is -0.356 e. The van der Waals surface area contributed by atoms with Crippen molar-refractivity contribution >= 4 is 11.8 Å². The highest BCUT2D eigenvalue weighted by Gasteiger charge is 2.34. The van der Waals surface area contributed by atoms with Crippen molar-refractivity contribution < 1.29 is 9.59 Å². The van der Waals surface area contributed by atoms with Crippen molar-refractivity contribution in [1.29, 1.82) is 0 Å². The summed E-state index contributed by atoms with van der Waals surface area (Å²) in [6, 6.07) is 1.26. The summed E-state index contributed by atoms with van der Waals surface area (Å²) in [5.41, 5.74) is 0. The Hall–Kier alpha value is -1.10. The molecule has 114 valence electrons. The fourth-order valence-corrected chi connectivity index (χ4v) is 3.34. The van der Waals surface area contributed by atoms with Crippen LogP contribution in [0.3, 0.4) is 0 Å². The maximum atomic E-state index is 11.9. The zero-order valence-corrected chi connectivity index (χ0v) is 12.4. The van der Waals surface area contributed by atoms with Gasteiger partial charge in [-0.2, -0.15) is 0 Å². The lowest BCUT2D eigenvalue weighted by Crippen LogP contribution is -2.40. The minimum atomic E-state index is 0.0204. The number of amides is 2. The molecule has 2 fully saturated rings. The van der Waals surface area contributed by atoms with Crippen LogP contribution in [-0.2, 0) is 9.59 Å². The molecule has 0 spiro atoms. The molecule has 0 aromatic heterocycles. The van der Waals surface area contributed by atoms with E-state index in [-0.39, 0.29) is 11.8 Å². The highest BCUT2D eigenvalue weighted by atomic mass is 16.2. The average Bonchev–Trinajstić information content (AvgIpc) is 2.75. The Bertz CT molecular complexity index is 334. The molecule has 5 nitrogen and oxygen atoms in total. The van der Waals surface area contributed by atoms with Gasteiger partial charge in [0.25, 0.3) is 0 Å². The molecule has 2 amide bonds. The first-order valence-electron chi connectivity index (χ1n) is 7.96. The molecule has 2 aliphatic rings. The molecule has 5 heteroatoms. The van der Waals surface area contributed by atoms with Crippen LogP contribution >= 0.6 is 0 Å². The largest absolute Gasteiger partial charge is 0.356 e. The molecular formula is C15H27N3O2. The zero-order chi connectivity index (χ0) is 14.4. The molecule has 2 bridgehead atoms. The van der Waals surface area contributed by atoms with Crippen LogP contribution in [0.5, 0.6) is 0 Å². The van der Waals surface area contributed by atoms with Gasteiger partial charge in [0.2, 0.25) is 11.8 Å². The van der Waals surface area contributed by atoms with Crippen molar-refractivity contribution in [2.45, 2.75) is 64.0 Å². The van der Waals surface area contributed by atoms with E-state index in [0.717, 1.165) is 19.3 Å². The second kappa shape index (κ2) is 7.62. The van der Waals surface area contributed by atoms with Gasteiger partial charge >= 0.3 is 0 Å². The Kier molecular flexibility index (Phi) is 5.83. The third-order valence-corrected chi connectivity index (χ3v) is 4.29. The molecule has 0 radical (unpaired) electrons. The number of hydrogen-bond acceptors (Lipinski definition) is 3. The first-order valence-corrected chi connectivity index (χ1v) is 7.96. The molecule has 0 aliphatic carbocycles. The van der Waals surface area contributed by atoms with Crippen LogP contribution in [0.25, 0.3) is 0 Å². The summed E-state index contributed by atoms with van der Waals surface area (Å²) in [7, 11) is 0. The predicted octanol–water partition coefficient (Wildman–Crippen LogP) is 0.940. The molecule has 2 atom stereocenters. The van der Waals surface area contributed by atoms with E-state index in [1.807, 2.05) is 6.92 Å². The van der Waals surface area contributed by atoms with Crippen molar-refractivity contribution in [3.8, 4) is 0 Å². The fraction of sp³-hybridized carbons (Fsp3) is 0.867. The van der Waals surface area contributed by atoms with Gasteiger partial charge in [-0.05, 0) is 38.0 Å². The summed E-state index contributed by atoms with van der Waals surface area (Å²) < 4.78 is 0. The van der Waals surface area contributed by atoms with Gasteiger partial charge in [-0.25, -0.2) is 0 Å². The van der Waals surface area contributed by atoms with E-state index >= 15 is 0 Å². The Balaban J connectivity index is 1.57. The van der Waals surface area contributed by atoms with Crippen LogP contribution in [0.4, 0.5) is 0 Å². The summed E-state index contributed by atoms with van der Waals surface area (Å²) >= 11 is 0. The standard InChI is InChI=1S/C15H27N3O2/c1-2-6-16-14(19)5-7-17-15(20)10-11-8-12-3-4-13(9-11)18-12/h11-13,18H,2-10H2,1H3,(H,16,19)(H,17,20). The van der Waals surface area contributed by atoms with Gasteiger partial charge in [0.1, 0.15) is 0 Å². The third kappa shape index (κ3) is 4.78. The Morgan fingerprint density at radius 1 is 1.05 bits per heavy atom. The van der Waals surface area contributed by atoms with Crippen molar-refractivity contribution in [2.75, 3.05) is 13.1 Å². The zero-order valence-electron chi connectivity index (χ0n) is 12.4. The van der Waals surface area contributed by atoms with Gasteiger partial charge in [0.15, 0.2) is 0 Å². The van der Waals surface area contributed by atoms with E-state index in [9.17, 15) is 9.59 Å². The summed E-state index contributed by atoms with van der Waals surface area (Å²) in [5, 5.41) is 9.26. The maximum Gasteiger partial charge on any atom is 0.221 e. The van der Waals surface area contributed by atoms with Crippen molar-refractivity contribution in [3.05, 3.63) is 0 Å². The number of hydrogen-bond donors (Lipinski definition) is 3. The molecule has 0 aromatic rings. The van der Waals surface area contributed by atoms with E-state index in [4.69, 9.17) is 0 Å². The monoisotopic (exact) mass is 281 g/mol. The molecule has 0 aromatic carbocycles. The average molecular weight is 281 g/mol. The van der Waals surface area contributed by atoms with Gasteiger partial charge in [-0.1, -0.05) is 6.92 Å². The third-order valence-electron chi connectivity index (χ3n) is 4.29. The molecule has 2 heterocycles. The Labute approximate surface area is 121 Å². The smallest absolute Gasteiger partial charge is 0.221 e. The van der Waals surface area contributed by atoms with Gasteiger partial charge in [-0.3, -0.25) is 9.59 Å². The van der Waals surface area contributed by atoms with Crippen molar-refractivity contribution in [3.63, 3.8) is 0 Å². The fourth-order valence-electron chi connectivity index (χ4n) is 3.34. The van der Waals surface area contributed by atoms with Crippen LogP contribution in [0.2, 0.25) is 0 Å². The summed E-state index contributed by atoms with van der Waals surface area (Å²) in [5.74, 6) is 0.634. The van der Waals surface area contributed by atoms with Gasteiger partial charge in [0, 0.05) is 38.0 Å². The second-order valence-corrected chi connectivity index (χ2v) is 6.13. The van der Waals surface area contributed by atoms with Crippen LogP contribution in [-0.4, -0.2) is 37.0 Å². The number of nitrogens with one attached hydrogen (secondary N) is 3. The number of carbonyl (C=O) groups is 2. The summed E-state index contributed by atoms with van der Waals surface area (Å²) in [6.45, 7) is 3.19. The van der Waals surface area contributed by atoms with Gasteiger partial charge < -0.3 is 16.0 Å². The molecule has 20 heavy (non-hydrogen) atoms. The first-order chi connectivity index (χ1) is 9.67. The Morgan fingerprint density at radius 2 is 1.70 bits per heavy atom. The molecule has 3 N–H and O–H groups in total. The van der Waals surface area contributed by atoms with Crippen LogP contribution in [0.1, 0.15) is 51.9 Å². The lowest BCUT2D eigenvalue weighted by Gasteiger charge is -2.28. The maximum absolute atomic E-state index is 11.9. The van der Waals surface area contributed by atoms with Gasteiger partial charge in [0.05, 0.1) is 0 Å². The van der Waals surface area contributed by atoms with E-state index in [0.29, 0.717) is 43.9 Å². The minimum absolute atomic E-state index is 0.0204. The molecule has 2 unspecified atom stereocenters. The molecule has 0 saturated carbocycles. The van der Waals surface area contributed by atoms with Gasteiger partial charge in [-0.15, -0.1) is 0 Å². The van der Waals surface area contributed by atoms with E-state index in [1.165, 1.54) is 12.8 Å². The molecule has 2 rings (SSSR count). The molecular weight excluding hydrogens is 254 g/mol. The topological polar surface area (TPSA) is 70.2 Å². The highest BCUT2D eigenvalue weighted by molar-refractivity contribution is 5.79.